The Morgan fingerprint density at radius 2 is 2.14 bits per heavy atom. The first-order valence-corrected chi connectivity index (χ1v) is 7.87. The molecule has 5 heteroatoms. The Bertz CT molecular complexity index is 475. The van der Waals surface area contributed by atoms with E-state index in [1.54, 1.807) is 7.11 Å². The third-order valence-electron chi connectivity index (χ3n) is 3.97. The van der Waals surface area contributed by atoms with Crippen molar-refractivity contribution in [2.24, 2.45) is 0 Å². The number of methoxy groups -OCH3 is 1. The second kappa shape index (κ2) is 8.15. The number of hydrogen-bond acceptors (Lipinski definition) is 4. The van der Waals surface area contributed by atoms with E-state index < -0.39 is 0 Å². The highest BCUT2D eigenvalue weighted by molar-refractivity contribution is 5.78. The average molecular weight is 306 g/mol. The van der Waals surface area contributed by atoms with Crippen LogP contribution >= 0.6 is 0 Å². The molecule has 1 saturated heterocycles. The van der Waals surface area contributed by atoms with Crippen LogP contribution in [0.25, 0.3) is 0 Å². The zero-order chi connectivity index (χ0) is 15.9. The number of carbonyl (C=O) groups is 1. The van der Waals surface area contributed by atoms with E-state index in [1.165, 1.54) is 5.56 Å². The van der Waals surface area contributed by atoms with Crippen LogP contribution in [0.3, 0.4) is 0 Å². The van der Waals surface area contributed by atoms with E-state index in [9.17, 15) is 4.79 Å². The average Bonchev–Trinajstić information content (AvgIpc) is 2.54. The Labute approximate surface area is 132 Å². The lowest BCUT2D eigenvalue weighted by molar-refractivity contribution is -0.139. The summed E-state index contributed by atoms with van der Waals surface area (Å²) < 4.78 is 10.7. The van der Waals surface area contributed by atoms with Crippen LogP contribution in [0, 0.1) is 0 Å². The van der Waals surface area contributed by atoms with E-state index >= 15 is 0 Å². The molecular formula is C17H26N2O3. The largest absolute Gasteiger partial charge is 0.497 e. The van der Waals surface area contributed by atoms with E-state index in [2.05, 4.69) is 11.8 Å². The Morgan fingerprint density at radius 1 is 1.41 bits per heavy atom. The first kappa shape index (κ1) is 16.8. The molecule has 1 aromatic rings. The molecule has 22 heavy (non-hydrogen) atoms. The first-order valence-electron chi connectivity index (χ1n) is 7.87. The molecule has 5 nitrogen and oxygen atoms in total. The van der Waals surface area contributed by atoms with Gasteiger partial charge >= 0.3 is 0 Å². The fourth-order valence-corrected chi connectivity index (χ4v) is 2.60. The SMILES string of the molecule is CCN(CC(=O)N1CCOC(C)C1)Cc1ccc(OC)cc1. The number of benzene rings is 1. The quantitative estimate of drug-likeness (QED) is 0.803. The number of carbonyl (C=O) groups excluding carboxylic acids is 1. The topological polar surface area (TPSA) is 42.0 Å². The van der Waals surface area contributed by atoms with Crippen molar-refractivity contribution in [3.05, 3.63) is 29.8 Å². The van der Waals surface area contributed by atoms with Gasteiger partial charge in [0.05, 0.1) is 26.4 Å². The van der Waals surface area contributed by atoms with Crippen LogP contribution in [0.15, 0.2) is 24.3 Å². The van der Waals surface area contributed by atoms with Gasteiger partial charge < -0.3 is 14.4 Å². The predicted molar refractivity (Wildman–Crippen MR) is 85.9 cm³/mol. The van der Waals surface area contributed by atoms with Gasteiger partial charge in [-0.3, -0.25) is 9.69 Å². The number of rotatable bonds is 6. The van der Waals surface area contributed by atoms with E-state index in [0.717, 1.165) is 18.8 Å². The smallest absolute Gasteiger partial charge is 0.236 e. The van der Waals surface area contributed by atoms with Crippen molar-refractivity contribution in [1.82, 2.24) is 9.80 Å². The van der Waals surface area contributed by atoms with Gasteiger partial charge in [-0.1, -0.05) is 19.1 Å². The lowest BCUT2D eigenvalue weighted by Gasteiger charge is -2.32. The molecule has 0 spiro atoms. The zero-order valence-corrected chi connectivity index (χ0v) is 13.7. The van der Waals surface area contributed by atoms with Crippen LogP contribution in [0.2, 0.25) is 0 Å². The molecule has 1 aliphatic heterocycles. The van der Waals surface area contributed by atoms with Gasteiger partial charge in [-0.15, -0.1) is 0 Å². The minimum absolute atomic E-state index is 0.134. The van der Waals surface area contributed by atoms with Crippen molar-refractivity contribution in [2.75, 3.05) is 39.9 Å². The summed E-state index contributed by atoms with van der Waals surface area (Å²) in [4.78, 5) is 16.5. The van der Waals surface area contributed by atoms with Gasteiger partial charge in [0.15, 0.2) is 0 Å². The molecule has 0 radical (unpaired) electrons. The molecule has 1 fully saturated rings. The highest BCUT2D eigenvalue weighted by Gasteiger charge is 2.22. The normalized spacial score (nSPS) is 18.5. The van der Waals surface area contributed by atoms with Gasteiger partial charge in [-0.05, 0) is 31.2 Å². The van der Waals surface area contributed by atoms with E-state index in [-0.39, 0.29) is 12.0 Å². The number of amides is 1. The Hall–Kier alpha value is -1.59. The molecule has 0 aromatic heterocycles. The molecule has 0 N–H and O–H groups in total. The minimum atomic E-state index is 0.134. The van der Waals surface area contributed by atoms with Crippen molar-refractivity contribution in [2.45, 2.75) is 26.5 Å². The van der Waals surface area contributed by atoms with Gasteiger partial charge in [0.1, 0.15) is 5.75 Å². The maximum absolute atomic E-state index is 12.4. The summed E-state index contributed by atoms with van der Waals surface area (Å²) in [6, 6.07) is 7.99. The van der Waals surface area contributed by atoms with Crippen molar-refractivity contribution in [1.29, 1.82) is 0 Å². The number of likely N-dealkylation sites (N-methyl/N-ethyl adjacent to an activating group) is 1. The van der Waals surface area contributed by atoms with Gasteiger partial charge in [0.25, 0.3) is 0 Å². The molecule has 1 aliphatic rings. The monoisotopic (exact) mass is 306 g/mol. The summed E-state index contributed by atoms with van der Waals surface area (Å²) in [5.41, 5.74) is 1.19. The molecule has 0 aliphatic carbocycles. The summed E-state index contributed by atoms with van der Waals surface area (Å²) in [6.45, 7) is 8.19. The van der Waals surface area contributed by atoms with Gasteiger partial charge in [0.2, 0.25) is 5.91 Å². The minimum Gasteiger partial charge on any atom is -0.497 e. The molecule has 1 atom stereocenters. The summed E-state index contributed by atoms with van der Waals surface area (Å²) in [5.74, 6) is 1.04. The Morgan fingerprint density at radius 3 is 2.73 bits per heavy atom. The predicted octanol–water partition coefficient (Wildman–Crippen LogP) is 1.76. The second-order valence-electron chi connectivity index (χ2n) is 5.67. The lowest BCUT2D eigenvalue weighted by atomic mass is 10.2. The molecule has 1 aromatic carbocycles. The molecule has 0 bridgehead atoms. The highest BCUT2D eigenvalue weighted by Crippen LogP contribution is 2.13. The van der Waals surface area contributed by atoms with E-state index in [1.807, 2.05) is 36.1 Å². The van der Waals surface area contributed by atoms with Gasteiger partial charge in [-0.25, -0.2) is 0 Å². The van der Waals surface area contributed by atoms with Crippen molar-refractivity contribution in [3.63, 3.8) is 0 Å². The second-order valence-corrected chi connectivity index (χ2v) is 5.67. The number of nitrogens with zero attached hydrogens (tertiary/aromatic N) is 2. The number of hydrogen-bond donors (Lipinski definition) is 0. The summed E-state index contributed by atoms with van der Waals surface area (Å²) in [7, 11) is 1.66. The van der Waals surface area contributed by atoms with Crippen LogP contribution in [0.1, 0.15) is 19.4 Å². The molecule has 1 unspecified atom stereocenters. The highest BCUT2D eigenvalue weighted by atomic mass is 16.5. The molecule has 2 rings (SSSR count). The summed E-state index contributed by atoms with van der Waals surface area (Å²) in [5, 5.41) is 0. The van der Waals surface area contributed by atoms with E-state index in [0.29, 0.717) is 26.2 Å². The summed E-state index contributed by atoms with van der Waals surface area (Å²) >= 11 is 0. The molecule has 0 saturated carbocycles. The zero-order valence-electron chi connectivity index (χ0n) is 13.7. The number of ether oxygens (including phenoxy) is 2. The van der Waals surface area contributed by atoms with Crippen LogP contribution in [0.5, 0.6) is 5.75 Å². The third-order valence-corrected chi connectivity index (χ3v) is 3.97. The fraction of sp³-hybridized carbons (Fsp3) is 0.588. The summed E-state index contributed by atoms with van der Waals surface area (Å²) in [6.07, 6.45) is 0.134. The lowest BCUT2D eigenvalue weighted by Crippen LogP contribution is -2.48. The molecular weight excluding hydrogens is 280 g/mol. The Balaban J connectivity index is 1.89. The van der Waals surface area contributed by atoms with Gasteiger partial charge in [0, 0.05) is 19.6 Å². The molecule has 1 heterocycles. The third kappa shape index (κ3) is 4.71. The van der Waals surface area contributed by atoms with Crippen molar-refractivity contribution < 1.29 is 14.3 Å². The molecule has 122 valence electrons. The molecule has 1 amide bonds. The standard InChI is InChI=1S/C17H26N2O3/c1-4-18(12-15-5-7-16(21-3)8-6-15)13-17(20)19-9-10-22-14(2)11-19/h5-8,14H,4,9-13H2,1-3H3. The van der Waals surface area contributed by atoms with Crippen molar-refractivity contribution >= 4 is 5.91 Å². The van der Waals surface area contributed by atoms with Crippen molar-refractivity contribution in [3.8, 4) is 5.75 Å². The number of morpholine rings is 1. The van der Waals surface area contributed by atoms with Crippen LogP contribution in [-0.4, -0.2) is 61.7 Å². The van der Waals surface area contributed by atoms with Crippen LogP contribution in [0.4, 0.5) is 0 Å². The first-order chi connectivity index (χ1) is 10.6. The van der Waals surface area contributed by atoms with E-state index in [4.69, 9.17) is 9.47 Å². The van der Waals surface area contributed by atoms with Crippen LogP contribution < -0.4 is 4.74 Å². The van der Waals surface area contributed by atoms with Crippen LogP contribution in [-0.2, 0) is 16.1 Å². The van der Waals surface area contributed by atoms with Gasteiger partial charge in [-0.2, -0.15) is 0 Å². The maximum Gasteiger partial charge on any atom is 0.236 e. The Kier molecular flexibility index (Phi) is 6.21. The fourth-order valence-electron chi connectivity index (χ4n) is 2.60. The maximum atomic E-state index is 12.4.